The van der Waals surface area contributed by atoms with E-state index in [1.54, 1.807) is 24.3 Å². The largest absolute Gasteiger partial charge is 0.319 e. The minimum Gasteiger partial charge on any atom is -0.319 e. The van der Waals surface area contributed by atoms with Crippen LogP contribution in [0.2, 0.25) is 5.02 Å². The van der Waals surface area contributed by atoms with Gasteiger partial charge in [0.05, 0.1) is 5.69 Å². The van der Waals surface area contributed by atoms with E-state index in [9.17, 15) is 9.18 Å². The first-order chi connectivity index (χ1) is 8.97. The highest BCUT2D eigenvalue weighted by molar-refractivity contribution is 14.1. The fourth-order valence-corrected chi connectivity index (χ4v) is 2.15. The predicted octanol–water partition coefficient (Wildman–Crippen LogP) is 4.64. The van der Waals surface area contributed by atoms with E-state index >= 15 is 0 Å². The summed E-state index contributed by atoms with van der Waals surface area (Å²) in [6, 6.07) is 9.59. The number of carbonyl (C=O) groups is 1. The molecule has 2 aromatic carbocycles. The second kappa shape index (κ2) is 5.88. The van der Waals surface area contributed by atoms with Gasteiger partial charge in [-0.05, 0) is 65.4 Å². The van der Waals surface area contributed by atoms with Crippen molar-refractivity contribution in [2.24, 2.45) is 0 Å². The van der Waals surface area contributed by atoms with Crippen LogP contribution in [0.15, 0.2) is 36.4 Å². The molecule has 0 aliphatic carbocycles. The van der Waals surface area contributed by atoms with Crippen LogP contribution in [0.1, 0.15) is 15.9 Å². The van der Waals surface area contributed by atoms with Gasteiger partial charge in [-0.25, -0.2) is 4.39 Å². The highest BCUT2D eigenvalue weighted by atomic mass is 127. The summed E-state index contributed by atoms with van der Waals surface area (Å²) in [7, 11) is 0. The predicted molar refractivity (Wildman–Crippen MR) is 83.3 cm³/mol. The lowest BCUT2D eigenvalue weighted by Gasteiger charge is -2.07. The van der Waals surface area contributed by atoms with Crippen molar-refractivity contribution >= 4 is 45.8 Å². The van der Waals surface area contributed by atoms with E-state index in [0.717, 1.165) is 9.13 Å². The molecule has 0 aliphatic heterocycles. The topological polar surface area (TPSA) is 29.1 Å². The fourth-order valence-electron chi connectivity index (χ4n) is 1.52. The van der Waals surface area contributed by atoms with E-state index in [2.05, 4.69) is 5.32 Å². The second-order valence-corrected chi connectivity index (χ2v) is 5.70. The minimum absolute atomic E-state index is 0.155. The number of nitrogens with one attached hydrogen (secondary N) is 1. The number of aryl methyl sites for hydroxylation is 1. The Morgan fingerprint density at radius 3 is 2.63 bits per heavy atom. The van der Waals surface area contributed by atoms with Gasteiger partial charge in [-0.1, -0.05) is 17.7 Å². The third-order valence-corrected chi connectivity index (χ3v) is 3.69. The van der Waals surface area contributed by atoms with Gasteiger partial charge in [0.2, 0.25) is 0 Å². The van der Waals surface area contributed by atoms with E-state index in [0.29, 0.717) is 10.6 Å². The summed E-state index contributed by atoms with van der Waals surface area (Å²) in [4.78, 5) is 12.0. The molecule has 0 saturated heterocycles. The van der Waals surface area contributed by atoms with Crippen LogP contribution in [0.3, 0.4) is 0 Å². The van der Waals surface area contributed by atoms with Crippen LogP contribution < -0.4 is 5.32 Å². The summed E-state index contributed by atoms with van der Waals surface area (Å²) in [5, 5.41) is 3.03. The first kappa shape index (κ1) is 14.3. The molecule has 0 aromatic heterocycles. The van der Waals surface area contributed by atoms with Gasteiger partial charge in [-0.15, -0.1) is 0 Å². The molecular weight excluding hydrogens is 380 g/mol. The second-order valence-electron chi connectivity index (χ2n) is 4.04. The lowest BCUT2D eigenvalue weighted by molar-refractivity contribution is 0.102. The SMILES string of the molecule is Cc1ccc(C(=O)Nc2ccc(I)cc2F)cc1Cl. The maximum Gasteiger partial charge on any atom is 0.255 e. The van der Waals surface area contributed by atoms with Crippen molar-refractivity contribution < 1.29 is 9.18 Å². The molecule has 98 valence electrons. The van der Waals surface area contributed by atoms with Gasteiger partial charge < -0.3 is 5.32 Å². The van der Waals surface area contributed by atoms with Gasteiger partial charge in [-0.2, -0.15) is 0 Å². The van der Waals surface area contributed by atoms with Crippen molar-refractivity contribution in [3.63, 3.8) is 0 Å². The zero-order valence-corrected chi connectivity index (χ0v) is 12.9. The molecule has 2 rings (SSSR count). The van der Waals surface area contributed by atoms with Crippen molar-refractivity contribution in [1.29, 1.82) is 0 Å². The normalized spacial score (nSPS) is 10.3. The summed E-state index contributed by atoms with van der Waals surface area (Å²) in [5.41, 5.74) is 1.44. The third kappa shape index (κ3) is 3.45. The third-order valence-electron chi connectivity index (χ3n) is 2.61. The first-order valence-electron chi connectivity index (χ1n) is 5.50. The smallest absolute Gasteiger partial charge is 0.255 e. The molecule has 0 atom stereocenters. The van der Waals surface area contributed by atoms with Crippen LogP contribution in [0, 0.1) is 16.3 Å². The van der Waals surface area contributed by atoms with E-state index in [1.165, 1.54) is 12.1 Å². The standard InChI is InChI=1S/C14H10ClFINO/c1-8-2-3-9(6-11(8)15)14(19)18-13-5-4-10(17)7-12(13)16/h2-7H,1H3,(H,18,19). The highest BCUT2D eigenvalue weighted by Gasteiger charge is 2.10. The minimum atomic E-state index is -0.460. The van der Waals surface area contributed by atoms with Gasteiger partial charge >= 0.3 is 0 Å². The van der Waals surface area contributed by atoms with Crippen LogP contribution in [-0.4, -0.2) is 5.91 Å². The quantitative estimate of drug-likeness (QED) is 0.745. The van der Waals surface area contributed by atoms with Crippen LogP contribution in [0.4, 0.5) is 10.1 Å². The van der Waals surface area contributed by atoms with Gasteiger partial charge in [0.15, 0.2) is 0 Å². The molecule has 1 N–H and O–H groups in total. The molecule has 0 aliphatic rings. The fraction of sp³-hybridized carbons (Fsp3) is 0.0714. The molecule has 0 radical (unpaired) electrons. The van der Waals surface area contributed by atoms with Crippen molar-refractivity contribution in [2.75, 3.05) is 5.32 Å². The van der Waals surface area contributed by atoms with Gasteiger partial charge in [0, 0.05) is 14.2 Å². The Morgan fingerprint density at radius 1 is 1.26 bits per heavy atom. The average molecular weight is 390 g/mol. The van der Waals surface area contributed by atoms with Crippen LogP contribution >= 0.6 is 34.2 Å². The molecule has 0 saturated carbocycles. The number of halogens is 3. The van der Waals surface area contributed by atoms with Crippen LogP contribution in [-0.2, 0) is 0 Å². The van der Waals surface area contributed by atoms with Gasteiger partial charge in [0.1, 0.15) is 5.82 Å². The molecule has 5 heteroatoms. The molecule has 2 nitrogen and oxygen atoms in total. The van der Waals surface area contributed by atoms with E-state index in [1.807, 2.05) is 29.5 Å². The number of anilines is 1. The lowest BCUT2D eigenvalue weighted by atomic mass is 10.1. The summed E-state index contributed by atoms with van der Waals surface area (Å²) < 4.78 is 14.4. The molecular formula is C14H10ClFINO. The van der Waals surface area contributed by atoms with Gasteiger partial charge in [-0.3, -0.25) is 4.79 Å². The summed E-state index contributed by atoms with van der Waals surface area (Å²) in [5.74, 6) is -0.847. The molecule has 1 amide bonds. The van der Waals surface area contributed by atoms with Crippen molar-refractivity contribution in [2.45, 2.75) is 6.92 Å². The van der Waals surface area contributed by atoms with Crippen molar-refractivity contribution in [3.8, 4) is 0 Å². The summed E-state index contributed by atoms with van der Waals surface area (Å²) >= 11 is 7.96. The molecule has 2 aromatic rings. The maximum absolute atomic E-state index is 13.6. The summed E-state index contributed by atoms with van der Waals surface area (Å²) in [6.07, 6.45) is 0. The van der Waals surface area contributed by atoms with E-state index < -0.39 is 5.82 Å². The number of rotatable bonds is 2. The number of amides is 1. The molecule has 0 heterocycles. The Bertz CT molecular complexity index is 645. The molecule has 0 fully saturated rings. The molecule has 0 unspecified atom stereocenters. The first-order valence-corrected chi connectivity index (χ1v) is 6.95. The Labute approximate surface area is 129 Å². The summed E-state index contributed by atoms with van der Waals surface area (Å²) in [6.45, 7) is 1.85. The van der Waals surface area contributed by atoms with Crippen molar-refractivity contribution in [3.05, 3.63) is 61.9 Å². The Balaban J connectivity index is 2.23. The average Bonchev–Trinajstić information content (AvgIpc) is 2.36. The monoisotopic (exact) mass is 389 g/mol. The van der Waals surface area contributed by atoms with Crippen LogP contribution in [0.25, 0.3) is 0 Å². The molecule has 19 heavy (non-hydrogen) atoms. The highest BCUT2D eigenvalue weighted by Crippen LogP contribution is 2.20. The number of hydrogen-bond donors (Lipinski definition) is 1. The van der Waals surface area contributed by atoms with E-state index in [-0.39, 0.29) is 11.6 Å². The molecule has 0 spiro atoms. The number of hydrogen-bond acceptors (Lipinski definition) is 1. The lowest BCUT2D eigenvalue weighted by Crippen LogP contribution is -2.13. The number of carbonyl (C=O) groups excluding carboxylic acids is 1. The Kier molecular flexibility index (Phi) is 4.42. The van der Waals surface area contributed by atoms with Crippen molar-refractivity contribution in [1.82, 2.24) is 0 Å². The Hall–Kier alpha value is -1.14. The van der Waals surface area contributed by atoms with E-state index in [4.69, 9.17) is 11.6 Å². The zero-order chi connectivity index (χ0) is 14.0. The maximum atomic E-state index is 13.6. The Morgan fingerprint density at radius 2 is 2.00 bits per heavy atom. The zero-order valence-electron chi connectivity index (χ0n) is 10.0. The molecule has 0 bridgehead atoms. The van der Waals surface area contributed by atoms with Gasteiger partial charge in [0.25, 0.3) is 5.91 Å². The number of benzene rings is 2. The van der Waals surface area contributed by atoms with Crippen LogP contribution in [0.5, 0.6) is 0 Å².